The molecule has 162 valence electrons. The van der Waals surface area contributed by atoms with Gasteiger partial charge in [0.05, 0.1) is 24.8 Å². The van der Waals surface area contributed by atoms with Crippen LogP contribution in [0.25, 0.3) is 5.76 Å². The van der Waals surface area contributed by atoms with E-state index < -0.39 is 17.7 Å². The predicted molar refractivity (Wildman–Crippen MR) is 122 cm³/mol. The fourth-order valence-electron chi connectivity index (χ4n) is 3.94. The van der Waals surface area contributed by atoms with Crippen LogP contribution in [0, 0.1) is 0 Å². The monoisotopic (exact) mass is 504 g/mol. The molecule has 0 saturated carbocycles. The first-order valence-corrected chi connectivity index (χ1v) is 11.2. The number of carbonyl (C=O) groups excluding carboxylic acids is 2. The second-order valence-electron chi connectivity index (χ2n) is 7.50. The van der Waals surface area contributed by atoms with Crippen LogP contribution in [-0.4, -0.2) is 66.0 Å². The quantitative estimate of drug-likeness (QED) is 0.380. The number of benzene rings is 2. The number of carbonyl (C=O) groups is 2. The van der Waals surface area contributed by atoms with Gasteiger partial charge in [0, 0.05) is 41.2 Å². The maximum atomic E-state index is 13.0. The zero-order valence-electron chi connectivity index (χ0n) is 16.8. The Bertz CT molecular complexity index is 1000. The van der Waals surface area contributed by atoms with E-state index in [1.165, 1.54) is 0 Å². The highest BCUT2D eigenvalue weighted by atomic mass is 79.9. The molecule has 2 fully saturated rings. The van der Waals surface area contributed by atoms with Crippen molar-refractivity contribution in [3.63, 3.8) is 0 Å². The number of Topliss-reactive ketones (excluding diaryl/α,β-unsaturated/α-hetero) is 1. The molecule has 31 heavy (non-hydrogen) atoms. The Morgan fingerprint density at radius 2 is 1.68 bits per heavy atom. The van der Waals surface area contributed by atoms with Crippen molar-refractivity contribution in [3.05, 3.63) is 74.7 Å². The van der Waals surface area contributed by atoms with E-state index in [2.05, 4.69) is 20.8 Å². The first-order chi connectivity index (χ1) is 15.0. The van der Waals surface area contributed by atoms with Gasteiger partial charge in [-0.25, -0.2) is 0 Å². The van der Waals surface area contributed by atoms with Gasteiger partial charge < -0.3 is 14.7 Å². The van der Waals surface area contributed by atoms with E-state index in [0.717, 1.165) is 23.1 Å². The summed E-state index contributed by atoms with van der Waals surface area (Å²) in [5.74, 6) is -1.46. The number of halogens is 2. The second-order valence-corrected chi connectivity index (χ2v) is 8.86. The van der Waals surface area contributed by atoms with Gasteiger partial charge in [-0.15, -0.1) is 0 Å². The average molecular weight is 506 g/mol. The molecule has 1 atom stereocenters. The van der Waals surface area contributed by atoms with Crippen molar-refractivity contribution >= 4 is 45.0 Å². The first kappa shape index (κ1) is 22.0. The van der Waals surface area contributed by atoms with Crippen molar-refractivity contribution in [3.8, 4) is 0 Å². The van der Waals surface area contributed by atoms with Crippen molar-refractivity contribution < 1.29 is 19.4 Å². The molecule has 2 heterocycles. The Balaban J connectivity index is 1.72. The molecule has 8 heteroatoms. The van der Waals surface area contributed by atoms with Crippen LogP contribution in [0.5, 0.6) is 0 Å². The van der Waals surface area contributed by atoms with Gasteiger partial charge >= 0.3 is 0 Å². The molecule has 2 aliphatic heterocycles. The zero-order valence-corrected chi connectivity index (χ0v) is 19.1. The van der Waals surface area contributed by atoms with Gasteiger partial charge in [-0.05, 0) is 29.8 Å². The third-order valence-corrected chi connectivity index (χ3v) is 6.38. The lowest BCUT2D eigenvalue weighted by Gasteiger charge is -2.31. The number of aliphatic hydroxyl groups is 1. The summed E-state index contributed by atoms with van der Waals surface area (Å²) < 4.78 is 6.24. The van der Waals surface area contributed by atoms with Gasteiger partial charge in [-0.1, -0.05) is 51.8 Å². The van der Waals surface area contributed by atoms with E-state index in [4.69, 9.17) is 16.3 Å². The summed E-state index contributed by atoms with van der Waals surface area (Å²) >= 11 is 9.42. The summed E-state index contributed by atoms with van der Waals surface area (Å²) in [5.41, 5.74) is 1.30. The zero-order chi connectivity index (χ0) is 22.0. The maximum Gasteiger partial charge on any atom is 0.295 e. The molecule has 2 aliphatic rings. The normalized spacial score (nSPS) is 21.6. The number of rotatable bonds is 5. The summed E-state index contributed by atoms with van der Waals surface area (Å²) in [5, 5.41) is 11.6. The van der Waals surface area contributed by atoms with Crippen molar-refractivity contribution in [1.29, 1.82) is 0 Å². The summed E-state index contributed by atoms with van der Waals surface area (Å²) in [7, 11) is 0. The Labute approximate surface area is 194 Å². The molecule has 2 aromatic rings. The second kappa shape index (κ2) is 9.53. The highest BCUT2D eigenvalue weighted by Gasteiger charge is 2.46. The lowest BCUT2D eigenvalue weighted by atomic mass is 9.95. The van der Waals surface area contributed by atoms with Crippen LogP contribution in [0.1, 0.15) is 17.2 Å². The number of amides is 1. The van der Waals surface area contributed by atoms with E-state index >= 15 is 0 Å². The lowest BCUT2D eigenvalue weighted by Crippen LogP contribution is -2.42. The molecule has 1 amide bonds. The van der Waals surface area contributed by atoms with E-state index in [-0.39, 0.29) is 11.3 Å². The number of hydrogen-bond acceptors (Lipinski definition) is 5. The highest BCUT2D eigenvalue weighted by Crippen LogP contribution is 2.39. The van der Waals surface area contributed by atoms with Crippen molar-refractivity contribution in [2.45, 2.75) is 6.04 Å². The standard InChI is InChI=1S/C23H22BrClN2O4/c24-17-5-1-16(2-6-17)21(28)19-20(15-3-7-18(25)8-4-15)27(23(30)22(19)29)10-9-26-11-13-31-14-12-26/h1-8,20,28H,9-14H2/t20-/m0/s1. The molecular formula is C23H22BrClN2O4. The number of likely N-dealkylation sites (tertiary alicyclic amines) is 1. The minimum absolute atomic E-state index is 0.0941. The van der Waals surface area contributed by atoms with Crippen molar-refractivity contribution in [2.75, 3.05) is 39.4 Å². The number of hydrogen-bond donors (Lipinski definition) is 1. The summed E-state index contributed by atoms with van der Waals surface area (Å²) in [6, 6.07) is 13.3. The summed E-state index contributed by atoms with van der Waals surface area (Å²) in [4.78, 5) is 29.8. The van der Waals surface area contributed by atoms with Gasteiger partial charge in [0.2, 0.25) is 0 Å². The minimum atomic E-state index is -0.679. The van der Waals surface area contributed by atoms with E-state index in [9.17, 15) is 14.7 Å². The number of morpholine rings is 1. The van der Waals surface area contributed by atoms with Crippen molar-refractivity contribution in [2.24, 2.45) is 0 Å². The molecule has 2 saturated heterocycles. The van der Waals surface area contributed by atoms with Crippen LogP contribution in [-0.2, 0) is 14.3 Å². The van der Waals surface area contributed by atoms with Gasteiger partial charge in [-0.2, -0.15) is 0 Å². The third kappa shape index (κ3) is 4.70. The molecule has 0 spiro atoms. The molecule has 0 unspecified atom stereocenters. The molecule has 0 aliphatic carbocycles. The fraction of sp³-hybridized carbons (Fsp3) is 0.304. The number of nitrogens with zero attached hydrogens (tertiary/aromatic N) is 2. The Morgan fingerprint density at radius 3 is 2.32 bits per heavy atom. The van der Waals surface area contributed by atoms with Crippen LogP contribution in [0.2, 0.25) is 5.02 Å². The topological polar surface area (TPSA) is 70.1 Å². The smallest absolute Gasteiger partial charge is 0.295 e. The maximum absolute atomic E-state index is 13.0. The SMILES string of the molecule is O=C1C(=O)N(CCN2CCOCC2)[C@@H](c2ccc(Cl)cc2)C1=C(O)c1ccc(Br)cc1. The van der Waals surface area contributed by atoms with Gasteiger partial charge in [-0.3, -0.25) is 14.5 Å². The fourth-order valence-corrected chi connectivity index (χ4v) is 4.33. The largest absolute Gasteiger partial charge is 0.507 e. The molecule has 2 aromatic carbocycles. The van der Waals surface area contributed by atoms with Crippen LogP contribution in [0.4, 0.5) is 0 Å². The van der Waals surface area contributed by atoms with Crippen LogP contribution in [0.3, 0.4) is 0 Å². The van der Waals surface area contributed by atoms with Crippen LogP contribution in [0.15, 0.2) is 58.6 Å². The van der Waals surface area contributed by atoms with E-state index in [1.54, 1.807) is 53.4 Å². The Hall–Kier alpha value is -2.19. The number of aliphatic hydroxyl groups excluding tert-OH is 1. The molecular weight excluding hydrogens is 484 g/mol. The van der Waals surface area contributed by atoms with Crippen LogP contribution < -0.4 is 0 Å². The molecule has 0 aromatic heterocycles. The molecule has 0 radical (unpaired) electrons. The highest BCUT2D eigenvalue weighted by molar-refractivity contribution is 9.10. The number of ether oxygens (including phenoxy) is 1. The first-order valence-electron chi connectivity index (χ1n) is 10.1. The van der Waals surface area contributed by atoms with E-state index in [0.29, 0.717) is 36.9 Å². The minimum Gasteiger partial charge on any atom is -0.507 e. The number of ketones is 1. The molecule has 4 rings (SSSR count). The molecule has 1 N–H and O–H groups in total. The van der Waals surface area contributed by atoms with Crippen LogP contribution >= 0.6 is 27.5 Å². The van der Waals surface area contributed by atoms with Gasteiger partial charge in [0.25, 0.3) is 11.7 Å². The lowest BCUT2D eigenvalue weighted by molar-refractivity contribution is -0.140. The third-order valence-electron chi connectivity index (χ3n) is 5.60. The summed E-state index contributed by atoms with van der Waals surface area (Å²) in [6.07, 6.45) is 0. The van der Waals surface area contributed by atoms with E-state index in [1.807, 2.05) is 0 Å². The molecule has 0 bridgehead atoms. The average Bonchev–Trinajstić information content (AvgIpc) is 3.04. The molecule has 6 nitrogen and oxygen atoms in total. The Morgan fingerprint density at radius 1 is 1.03 bits per heavy atom. The summed E-state index contributed by atoms with van der Waals surface area (Å²) in [6.45, 7) is 3.88. The van der Waals surface area contributed by atoms with Gasteiger partial charge in [0.1, 0.15) is 5.76 Å². The van der Waals surface area contributed by atoms with Crippen molar-refractivity contribution in [1.82, 2.24) is 9.80 Å². The predicted octanol–water partition coefficient (Wildman–Crippen LogP) is 3.86. The van der Waals surface area contributed by atoms with Gasteiger partial charge in [0.15, 0.2) is 0 Å². The Kier molecular flexibility index (Phi) is 6.77.